The van der Waals surface area contributed by atoms with Crippen molar-refractivity contribution >= 4 is 44.8 Å². The molecule has 0 saturated carbocycles. The van der Waals surface area contributed by atoms with Gasteiger partial charge in [-0.05, 0) is 54.4 Å². The molecule has 0 fully saturated rings. The van der Waals surface area contributed by atoms with Gasteiger partial charge in [-0.1, -0.05) is 41.4 Å². The standard InChI is InChI=1S/C21H19Cl2N3O3S/c1-15-19(23)5-2-6-20(15)25-21(27)14-26(13-16-7-9-17(22)10-8-16)30(28,29)18-4-3-11-24-12-18/h2-12H,13-14H2,1H3,(H,25,27). The molecular formula is C21H19Cl2N3O3S. The number of amides is 1. The van der Waals surface area contributed by atoms with Crippen LogP contribution in [0.15, 0.2) is 71.9 Å². The Labute approximate surface area is 185 Å². The predicted molar refractivity (Wildman–Crippen MR) is 118 cm³/mol. The summed E-state index contributed by atoms with van der Waals surface area (Å²) in [5.41, 5.74) is 1.92. The quantitative estimate of drug-likeness (QED) is 0.558. The van der Waals surface area contributed by atoms with E-state index in [2.05, 4.69) is 10.3 Å². The lowest BCUT2D eigenvalue weighted by Crippen LogP contribution is -2.37. The minimum atomic E-state index is -3.96. The summed E-state index contributed by atoms with van der Waals surface area (Å²) in [5.74, 6) is -0.484. The first kappa shape index (κ1) is 22.2. The summed E-state index contributed by atoms with van der Waals surface area (Å²) < 4.78 is 27.4. The van der Waals surface area contributed by atoms with Gasteiger partial charge < -0.3 is 5.32 Å². The van der Waals surface area contributed by atoms with Gasteiger partial charge in [0.1, 0.15) is 4.90 Å². The highest BCUT2D eigenvalue weighted by atomic mass is 35.5. The number of nitrogens with zero attached hydrogens (tertiary/aromatic N) is 2. The summed E-state index contributed by atoms with van der Waals surface area (Å²) in [6.07, 6.45) is 2.74. The van der Waals surface area contributed by atoms with Gasteiger partial charge in [-0.3, -0.25) is 9.78 Å². The molecule has 0 atom stereocenters. The topological polar surface area (TPSA) is 79.4 Å². The smallest absolute Gasteiger partial charge is 0.245 e. The van der Waals surface area contributed by atoms with Crippen LogP contribution in [0.5, 0.6) is 0 Å². The van der Waals surface area contributed by atoms with Crippen LogP contribution >= 0.6 is 23.2 Å². The molecule has 3 rings (SSSR count). The zero-order chi connectivity index (χ0) is 21.7. The van der Waals surface area contributed by atoms with Gasteiger partial charge in [-0.2, -0.15) is 4.31 Å². The first-order chi connectivity index (χ1) is 14.3. The Hall–Kier alpha value is -2.45. The molecule has 0 aliphatic rings. The lowest BCUT2D eigenvalue weighted by Gasteiger charge is -2.22. The Morgan fingerprint density at radius 2 is 1.80 bits per heavy atom. The lowest BCUT2D eigenvalue weighted by molar-refractivity contribution is -0.116. The summed E-state index contributed by atoms with van der Waals surface area (Å²) >= 11 is 12.0. The zero-order valence-electron chi connectivity index (χ0n) is 16.0. The molecule has 0 spiro atoms. The molecule has 30 heavy (non-hydrogen) atoms. The highest BCUT2D eigenvalue weighted by Gasteiger charge is 2.27. The lowest BCUT2D eigenvalue weighted by atomic mass is 10.2. The third-order valence-corrected chi connectivity index (χ3v) is 6.84. The van der Waals surface area contributed by atoms with Gasteiger partial charge in [0.25, 0.3) is 0 Å². The molecule has 1 aromatic heterocycles. The molecular weight excluding hydrogens is 445 g/mol. The normalized spacial score (nSPS) is 11.5. The van der Waals surface area contributed by atoms with Crippen LogP contribution in [0.1, 0.15) is 11.1 Å². The maximum atomic E-state index is 13.2. The zero-order valence-corrected chi connectivity index (χ0v) is 18.4. The van der Waals surface area contributed by atoms with E-state index in [1.165, 1.54) is 24.5 Å². The van der Waals surface area contributed by atoms with Crippen molar-refractivity contribution in [2.24, 2.45) is 0 Å². The summed E-state index contributed by atoms with van der Waals surface area (Å²) in [7, 11) is -3.96. The highest BCUT2D eigenvalue weighted by Crippen LogP contribution is 2.24. The molecule has 9 heteroatoms. The highest BCUT2D eigenvalue weighted by molar-refractivity contribution is 7.89. The molecule has 0 aliphatic carbocycles. The van der Waals surface area contributed by atoms with E-state index in [0.717, 1.165) is 4.31 Å². The van der Waals surface area contributed by atoms with Crippen molar-refractivity contribution < 1.29 is 13.2 Å². The molecule has 0 aliphatic heterocycles. The van der Waals surface area contributed by atoms with Crippen molar-refractivity contribution in [2.45, 2.75) is 18.4 Å². The van der Waals surface area contributed by atoms with E-state index >= 15 is 0 Å². The number of hydrogen-bond acceptors (Lipinski definition) is 4. The molecule has 0 unspecified atom stereocenters. The number of benzene rings is 2. The fourth-order valence-electron chi connectivity index (χ4n) is 2.76. The van der Waals surface area contributed by atoms with Crippen LogP contribution in [0, 0.1) is 6.92 Å². The summed E-state index contributed by atoms with van der Waals surface area (Å²) in [4.78, 5) is 16.6. The van der Waals surface area contributed by atoms with Crippen molar-refractivity contribution in [3.8, 4) is 0 Å². The van der Waals surface area contributed by atoms with Crippen molar-refractivity contribution in [2.75, 3.05) is 11.9 Å². The van der Waals surface area contributed by atoms with Crippen LogP contribution in [0.4, 0.5) is 5.69 Å². The Bertz CT molecular complexity index is 1140. The van der Waals surface area contributed by atoms with Gasteiger partial charge in [0.2, 0.25) is 15.9 Å². The van der Waals surface area contributed by atoms with Gasteiger partial charge >= 0.3 is 0 Å². The second-order valence-corrected chi connectivity index (χ2v) is 9.33. The minimum Gasteiger partial charge on any atom is -0.325 e. The van der Waals surface area contributed by atoms with Gasteiger partial charge in [0, 0.05) is 34.7 Å². The summed E-state index contributed by atoms with van der Waals surface area (Å²) in [6.45, 7) is 1.39. The first-order valence-corrected chi connectivity index (χ1v) is 11.2. The van der Waals surface area contributed by atoms with Crippen molar-refractivity contribution in [3.63, 3.8) is 0 Å². The van der Waals surface area contributed by atoms with Crippen molar-refractivity contribution in [3.05, 3.63) is 88.2 Å². The van der Waals surface area contributed by atoms with Gasteiger partial charge in [0.15, 0.2) is 0 Å². The maximum Gasteiger partial charge on any atom is 0.245 e. The van der Waals surface area contributed by atoms with E-state index in [-0.39, 0.29) is 18.0 Å². The Morgan fingerprint density at radius 1 is 1.07 bits per heavy atom. The molecule has 0 saturated heterocycles. The Kier molecular flexibility index (Phi) is 7.10. The molecule has 1 heterocycles. The number of sulfonamides is 1. The second kappa shape index (κ2) is 9.57. The van der Waals surface area contributed by atoms with E-state index in [1.807, 2.05) is 0 Å². The van der Waals surface area contributed by atoms with Crippen LogP contribution in [0.25, 0.3) is 0 Å². The van der Waals surface area contributed by atoms with E-state index in [9.17, 15) is 13.2 Å². The number of pyridine rings is 1. The third-order valence-electron chi connectivity index (χ3n) is 4.41. The Balaban J connectivity index is 1.87. The number of rotatable bonds is 7. The van der Waals surface area contributed by atoms with Gasteiger partial charge in [0.05, 0.1) is 6.54 Å². The number of carbonyl (C=O) groups excluding carboxylic acids is 1. The average molecular weight is 464 g/mol. The largest absolute Gasteiger partial charge is 0.325 e. The van der Waals surface area contributed by atoms with E-state index in [1.54, 1.807) is 49.4 Å². The first-order valence-electron chi connectivity index (χ1n) is 8.97. The van der Waals surface area contributed by atoms with E-state index < -0.39 is 15.9 Å². The molecule has 0 radical (unpaired) electrons. The summed E-state index contributed by atoms with van der Waals surface area (Å²) in [5, 5.41) is 3.78. The SMILES string of the molecule is Cc1c(Cl)cccc1NC(=O)CN(Cc1ccc(Cl)cc1)S(=O)(=O)c1cccnc1. The molecule has 1 amide bonds. The van der Waals surface area contributed by atoms with E-state index in [0.29, 0.717) is 26.9 Å². The average Bonchev–Trinajstić information content (AvgIpc) is 2.73. The molecule has 3 aromatic rings. The molecule has 2 aromatic carbocycles. The van der Waals surface area contributed by atoms with Crippen molar-refractivity contribution in [1.82, 2.24) is 9.29 Å². The van der Waals surface area contributed by atoms with E-state index in [4.69, 9.17) is 23.2 Å². The van der Waals surface area contributed by atoms with Crippen molar-refractivity contribution in [1.29, 1.82) is 0 Å². The minimum absolute atomic E-state index is 0.00363. The van der Waals surface area contributed by atoms with Crippen LogP contribution in [-0.4, -0.2) is 30.2 Å². The summed E-state index contributed by atoms with van der Waals surface area (Å²) in [6, 6.07) is 14.9. The number of aromatic nitrogens is 1. The number of anilines is 1. The van der Waals surface area contributed by atoms with Crippen LogP contribution in [-0.2, 0) is 21.4 Å². The monoisotopic (exact) mass is 463 g/mol. The number of hydrogen-bond donors (Lipinski definition) is 1. The third kappa shape index (κ3) is 5.37. The molecule has 0 bridgehead atoms. The van der Waals surface area contributed by atoms with Crippen LogP contribution in [0.2, 0.25) is 10.0 Å². The van der Waals surface area contributed by atoms with Gasteiger partial charge in [-0.25, -0.2) is 8.42 Å². The number of carbonyl (C=O) groups is 1. The maximum absolute atomic E-state index is 13.2. The fourth-order valence-corrected chi connectivity index (χ4v) is 4.41. The molecule has 156 valence electrons. The fraction of sp³-hybridized carbons (Fsp3) is 0.143. The molecule has 1 N–H and O–H groups in total. The number of nitrogens with one attached hydrogen (secondary N) is 1. The Morgan fingerprint density at radius 3 is 2.47 bits per heavy atom. The van der Waals surface area contributed by atoms with Gasteiger partial charge in [-0.15, -0.1) is 0 Å². The number of halogens is 2. The molecule has 6 nitrogen and oxygen atoms in total. The second-order valence-electron chi connectivity index (χ2n) is 6.55. The van der Waals surface area contributed by atoms with Crippen LogP contribution in [0.3, 0.4) is 0 Å². The predicted octanol–water partition coefficient (Wildman–Crippen LogP) is 4.53. The van der Waals surface area contributed by atoms with Crippen LogP contribution < -0.4 is 5.32 Å².